The quantitative estimate of drug-likeness (QED) is 0.858. The molecule has 132 valence electrons. The van der Waals surface area contributed by atoms with Gasteiger partial charge in [0.15, 0.2) is 0 Å². The Kier molecular flexibility index (Phi) is 4.57. The minimum atomic E-state index is -0.0126. The first-order valence-electron chi connectivity index (χ1n) is 9.29. The summed E-state index contributed by atoms with van der Waals surface area (Å²) >= 11 is 0. The Labute approximate surface area is 148 Å². The van der Waals surface area contributed by atoms with Gasteiger partial charge in [-0.05, 0) is 49.8 Å². The third-order valence-corrected chi connectivity index (χ3v) is 5.50. The Balaban J connectivity index is 1.32. The van der Waals surface area contributed by atoms with Crippen LogP contribution in [0.3, 0.4) is 0 Å². The van der Waals surface area contributed by atoms with E-state index in [1.807, 2.05) is 6.92 Å². The average Bonchev–Trinajstić information content (AvgIpc) is 3.03. The van der Waals surface area contributed by atoms with E-state index in [-0.39, 0.29) is 5.56 Å². The number of nitrogens with zero attached hydrogens (tertiary/aromatic N) is 4. The fourth-order valence-electron chi connectivity index (χ4n) is 4.06. The molecule has 25 heavy (non-hydrogen) atoms. The lowest BCUT2D eigenvalue weighted by Crippen LogP contribution is -2.41. The van der Waals surface area contributed by atoms with Crippen LogP contribution in [0, 0.1) is 12.8 Å². The summed E-state index contributed by atoms with van der Waals surface area (Å²) in [6.45, 7) is 6.94. The molecule has 1 saturated heterocycles. The van der Waals surface area contributed by atoms with Crippen LogP contribution in [0.25, 0.3) is 0 Å². The summed E-state index contributed by atoms with van der Waals surface area (Å²) < 4.78 is 1.59. The number of hydrogen-bond acceptors (Lipinski definition) is 4. The molecule has 2 aliphatic heterocycles. The molecule has 2 aromatic rings. The van der Waals surface area contributed by atoms with E-state index in [1.165, 1.54) is 30.5 Å². The lowest BCUT2D eigenvalue weighted by atomic mass is 9.96. The van der Waals surface area contributed by atoms with E-state index in [1.54, 1.807) is 16.8 Å². The maximum absolute atomic E-state index is 11.9. The summed E-state index contributed by atoms with van der Waals surface area (Å²) in [7, 11) is 0. The average molecular weight is 338 g/mol. The predicted octanol–water partition coefficient (Wildman–Crippen LogP) is 2.28. The Hall–Kier alpha value is -2.14. The second-order valence-electron chi connectivity index (χ2n) is 7.34. The molecule has 1 aromatic heterocycles. The smallest absolute Gasteiger partial charge is 0.267 e. The normalized spacial score (nSPS) is 18.5. The summed E-state index contributed by atoms with van der Waals surface area (Å²) in [5.74, 6) is 0.740. The topological polar surface area (TPSA) is 41.4 Å². The molecule has 0 aliphatic carbocycles. The van der Waals surface area contributed by atoms with Crippen molar-refractivity contribution in [2.75, 3.05) is 31.1 Å². The molecule has 3 heterocycles. The van der Waals surface area contributed by atoms with E-state index in [0.717, 1.165) is 37.8 Å². The number of aryl methyl sites for hydroxylation is 1. The molecule has 0 unspecified atom stereocenters. The molecule has 5 heteroatoms. The second kappa shape index (κ2) is 7.00. The van der Waals surface area contributed by atoms with E-state index in [2.05, 4.69) is 39.2 Å². The molecule has 0 amide bonds. The van der Waals surface area contributed by atoms with Gasteiger partial charge in [-0.2, -0.15) is 5.10 Å². The third-order valence-electron chi connectivity index (χ3n) is 5.50. The van der Waals surface area contributed by atoms with Crippen molar-refractivity contribution in [1.82, 2.24) is 14.7 Å². The van der Waals surface area contributed by atoms with Gasteiger partial charge in [-0.3, -0.25) is 9.69 Å². The lowest BCUT2D eigenvalue weighted by molar-refractivity contribution is 0.139. The van der Waals surface area contributed by atoms with Crippen molar-refractivity contribution in [3.63, 3.8) is 0 Å². The lowest BCUT2D eigenvalue weighted by Gasteiger charge is -2.34. The molecule has 0 spiro atoms. The molecule has 0 bridgehead atoms. The van der Waals surface area contributed by atoms with Crippen molar-refractivity contribution >= 4 is 5.69 Å². The first kappa shape index (κ1) is 16.3. The first-order chi connectivity index (χ1) is 12.2. The van der Waals surface area contributed by atoms with Crippen molar-refractivity contribution in [1.29, 1.82) is 0 Å². The van der Waals surface area contributed by atoms with Gasteiger partial charge in [0.25, 0.3) is 5.56 Å². The van der Waals surface area contributed by atoms with Gasteiger partial charge < -0.3 is 4.90 Å². The summed E-state index contributed by atoms with van der Waals surface area (Å²) in [6, 6.07) is 12.2. The van der Waals surface area contributed by atoms with E-state index < -0.39 is 0 Å². The molecule has 0 saturated carbocycles. The fourth-order valence-corrected chi connectivity index (χ4v) is 4.06. The molecule has 0 radical (unpaired) electrons. The van der Waals surface area contributed by atoms with Gasteiger partial charge >= 0.3 is 0 Å². The number of rotatable bonds is 4. The van der Waals surface area contributed by atoms with Crippen molar-refractivity contribution in [3.05, 3.63) is 58.0 Å². The molecular weight excluding hydrogens is 312 g/mol. The highest BCUT2D eigenvalue weighted by Crippen LogP contribution is 2.30. The zero-order chi connectivity index (χ0) is 17.2. The largest absolute Gasteiger partial charge is 0.371 e. The Morgan fingerprint density at radius 3 is 2.72 bits per heavy atom. The minimum Gasteiger partial charge on any atom is -0.371 e. The summed E-state index contributed by atoms with van der Waals surface area (Å²) in [5.41, 5.74) is 3.80. The highest BCUT2D eigenvalue weighted by Gasteiger charge is 2.25. The van der Waals surface area contributed by atoms with E-state index in [4.69, 9.17) is 0 Å². The second-order valence-corrected chi connectivity index (χ2v) is 7.34. The summed E-state index contributed by atoms with van der Waals surface area (Å²) in [6.07, 6.45) is 3.56. The van der Waals surface area contributed by atoms with Gasteiger partial charge in [-0.15, -0.1) is 0 Å². The SMILES string of the molecule is Cc1ccc(=O)n(CN2CCC(CN3CCc4ccccc43)CC2)n1. The number of fused-ring (bicyclic) bond motifs is 1. The van der Waals surface area contributed by atoms with Crippen LogP contribution in [0.1, 0.15) is 24.1 Å². The standard InChI is InChI=1S/C20H26N4O/c1-16-6-7-20(25)24(21-16)15-22-11-8-17(9-12-22)14-23-13-10-18-4-2-3-5-19(18)23/h2-7,17H,8-15H2,1H3. The number of hydrogen-bond donors (Lipinski definition) is 0. The van der Waals surface area contributed by atoms with Crippen molar-refractivity contribution in [2.24, 2.45) is 5.92 Å². The van der Waals surface area contributed by atoms with Crippen LogP contribution in [-0.2, 0) is 13.1 Å². The van der Waals surface area contributed by atoms with Crippen LogP contribution in [0.5, 0.6) is 0 Å². The van der Waals surface area contributed by atoms with Crippen molar-refractivity contribution in [3.8, 4) is 0 Å². The predicted molar refractivity (Wildman–Crippen MR) is 99.9 cm³/mol. The zero-order valence-corrected chi connectivity index (χ0v) is 14.9. The Morgan fingerprint density at radius 2 is 1.88 bits per heavy atom. The van der Waals surface area contributed by atoms with Crippen molar-refractivity contribution < 1.29 is 0 Å². The molecule has 1 aromatic carbocycles. The summed E-state index contributed by atoms with van der Waals surface area (Å²) in [4.78, 5) is 16.8. The summed E-state index contributed by atoms with van der Waals surface area (Å²) in [5, 5.41) is 4.35. The monoisotopic (exact) mass is 338 g/mol. The fraction of sp³-hybridized carbons (Fsp3) is 0.500. The number of piperidine rings is 1. The molecule has 0 atom stereocenters. The zero-order valence-electron chi connectivity index (χ0n) is 14.9. The number of anilines is 1. The van der Waals surface area contributed by atoms with Gasteiger partial charge in [0.05, 0.1) is 12.4 Å². The van der Waals surface area contributed by atoms with Gasteiger partial charge in [-0.25, -0.2) is 4.68 Å². The molecular formula is C20H26N4O. The van der Waals surface area contributed by atoms with Gasteiger partial charge in [0.1, 0.15) is 0 Å². The first-order valence-corrected chi connectivity index (χ1v) is 9.29. The maximum Gasteiger partial charge on any atom is 0.267 e. The van der Waals surface area contributed by atoms with Crippen LogP contribution in [0.4, 0.5) is 5.69 Å². The highest BCUT2D eigenvalue weighted by atomic mass is 16.1. The van der Waals surface area contributed by atoms with Crippen LogP contribution >= 0.6 is 0 Å². The van der Waals surface area contributed by atoms with E-state index >= 15 is 0 Å². The molecule has 5 nitrogen and oxygen atoms in total. The minimum absolute atomic E-state index is 0.0126. The number of benzene rings is 1. The Bertz CT molecular complexity index is 792. The number of likely N-dealkylation sites (tertiary alicyclic amines) is 1. The molecule has 4 rings (SSSR count). The molecule has 2 aliphatic rings. The van der Waals surface area contributed by atoms with Gasteiger partial charge in [0.2, 0.25) is 0 Å². The highest BCUT2D eigenvalue weighted by molar-refractivity contribution is 5.57. The maximum atomic E-state index is 11.9. The van der Waals surface area contributed by atoms with Crippen LogP contribution in [-0.4, -0.2) is 40.9 Å². The number of aromatic nitrogens is 2. The van der Waals surface area contributed by atoms with Crippen LogP contribution < -0.4 is 10.5 Å². The van der Waals surface area contributed by atoms with E-state index in [0.29, 0.717) is 6.67 Å². The molecule has 0 N–H and O–H groups in total. The number of para-hydroxylation sites is 1. The van der Waals surface area contributed by atoms with Gasteiger partial charge in [-0.1, -0.05) is 18.2 Å². The van der Waals surface area contributed by atoms with Gasteiger partial charge in [0, 0.05) is 37.9 Å². The van der Waals surface area contributed by atoms with Crippen LogP contribution in [0.15, 0.2) is 41.2 Å². The van der Waals surface area contributed by atoms with Crippen molar-refractivity contribution in [2.45, 2.75) is 32.9 Å². The molecule has 1 fully saturated rings. The Morgan fingerprint density at radius 1 is 1.08 bits per heavy atom. The third kappa shape index (κ3) is 3.61. The van der Waals surface area contributed by atoms with E-state index in [9.17, 15) is 4.79 Å². The van der Waals surface area contributed by atoms with Crippen LogP contribution in [0.2, 0.25) is 0 Å².